The van der Waals surface area contributed by atoms with E-state index >= 15 is 0 Å². The Kier molecular flexibility index (Phi) is 5.29. The summed E-state index contributed by atoms with van der Waals surface area (Å²) in [6, 6.07) is 3.94. The van der Waals surface area contributed by atoms with Crippen LogP contribution in [0, 0.1) is 10.1 Å². The zero-order valence-electron chi connectivity index (χ0n) is 10.8. The van der Waals surface area contributed by atoms with Gasteiger partial charge in [-0.05, 0) is 18.1 Å². The number of non-ortho nitro benzene ring substituents is 1. The van der Waals surface area contributed by atoms with E-state index in [1.54, 1.807) is 0 Å². The first-order valence-electron chi connectivity index (χ1n) is 6.24. The molecule has 1 atom stereocenters. The Morgan fingerprint density at radius 2 is 2.16 bits per heavy atom. The second-order valence-electron chi connectivity index (χ2n) is 4.46. The van der Waals surface area contributed by atoms with Crippen LogP contribution in [-0.4, -0.2) is 16.0 Å². The van der Waals surface area contributed by atoms with Gasteiger partial charge < -0.3 is 10.8 Å². The fourth-order valence-electron chi connectivity index (χ4n) is 1.99. The fraction of sp³-hybridized carbons (Fsp3) is 0.462. The van der Waals surface area contributed by atoms with Crippen LogP contribution in [0.1, 0.15) is 44.1 Å². The highest BCUT2D eigenvalue weighted by Gasteiger charge is 2.23. The molecule has 0 bridgehead atoms. The Labute approximate surface area is 111 Å². The number of unbranched alkanes of at least 4 members (excludes halogenated alkanes) is 2. The van der Waals surface area contributed by atoms with Crippen molar-refractivity contribution in [1.82, 2.24) is 0 Å². The number of nitrogens with two attached hydrogens (primary N) is 1. The van der Waals surface area contributed by atoms with Crippen molar-refractivity contribution in [2.75, 3.05) is 5.73 Å². The van der Waals surface area contributed by atoms with Crippen molar-refractivity contribution in [2.24, 2.45) is 0 Å². The highest BCUT2D eigenvalue weighted by molar-refractivity contribution is 5.79. The van der Waals surface area contributed by atoms with E-state index in [-0.39, 0.29) is 11.4 Å². The average Bonchev–Trinajstić information content (AvgIpc) is 2.35. The molecule has 104 valence electrons. The number of carboxylic acids is 1. The Bertz CT molecular complexity index is 474. The number of rotatable bonds is 7. The number of anilines is 1. The molecule has 3 N–H and O–H groups in total. The molecule has 0 heterocycles. The molecular weight excluding hydrogens is 248 g/mol. The lowest BCUT2D eigenvalue weighted by molar-refractivity contribution is -0.384. The van der Waals surface area contributed by atoms with Crippen LogP contribution >= 0.6 is 0 Å². The lowest BCUT2D eigenvalue weighted by Crippen LogP contribution is -2.14. The molecule has 19 heavy (non-hydrogen) atoms. The lowest BCUT2D eigenvalue weighted by atomic mass is 9.91. The van der Waals surface area contributed by atoms with Crippen LogP contribution in [0.25, 0.3) is 0 Å². The minimum absolute atomic E-state index is 0.133. The van der Waals surface area contributed by atoms with Gasteiger partial charge >= 0.3 is 5.97 Å². The number of benzene rings is 1. The van der Waals surface area contributed by atoms with E-state index < -0.39 is 16.8 Å². The van der Waals surface area contributed by atoms with Crippen molar-refractivity contribution in [3.05, 3.63) is 33.9 Å². The van der Waals surface area contributed by atoms with E-state index in [9.17, 15) is 20.0 Å². The second kappa shape index (κ2) is 6.72. The molecule has 1 aromatic carbocycles. The van der Waals surface area contributed by atoms with Gasteiger partial charge in [-0.25, -0.2) is 0 Å². The summed E-state index contributed by atoms with van der Waals surface area (Å²) in [6.07, 6.45) is 3.11. The van der Waals surface area contributed by atoms with Gasteiger partial charge in [0.2, 0.25) is 0 Å². The summed E-state index contributed by atoms with van der Waals surface area (Å²) in [7, 11) is 0. The van der Waals surface area contributed by atoms with E-state index in [1.807, 2.05) is 6.92 Å². The molecule has 0 saturated heterocycles. The monoisotopic (exact) mass is 266 g/mol. The van der Waals surface area contributed by atoms with Crippen LogP contribution in [0.4, 0.5) is 11.4 Å². The molecule has 0 aliphatic heterocycles. The molecule has 0 radical (unpaired) electrons. The Balaban J connectivity index is 3.03. The van der Waals surface area contributed by atoms with Gasteiger partial charge in [0.05, 0.1) is 10.8 Å². The summed E-state index contributed by atoms with van der Waals surface area (Å²) in [4.78, 5) is 21.5. The first-order valence-corrected chi connectivity index (χ1v) is 6.24. The van der Waals surface area contributed by atoms with Crippen molar-refractivity contribution < 1.29 is 14.8 Å². The maximum atomic E-state index is 11.3. The van der Waals surface area contributed by atoms with Gasteiger partial charge in [0.15, 0.2) is 0 Å². The summed E-state index contributed by atoms with van der Waals surface area (Å²) >= 11 is 0. The van der Waals surface area contributed by atoms with Crippen LogP contribution < -0.4 is 5.73 Å². The first kappa shape index (κ1) is 14.9. The number of hydrogen-bond donors (Lipinski definition) is 2. The summed E-state index contributed by atoms with van der Waals surface area (Å²) in [5.41, 5.74) is 6.23. The largest absolute Gasteiger partial charge is 0.481 e. The Morgan fingerprint density at radius 1 is 1.47 bits per heavy atom. The van der Waals surface area contributed by atoms with Crippen LogP contribution in [0.2, 0.25) is 0 Å². The molecule has 0 aromatic heterocycles. The SMILES string of the molecule is CCCCCC(C(=O)O)c1cc([N+](=O)[O-])ccc1N. The van der Waals surface area contributed by atoms with Gasteiger partial charge in [-0.2, -0.15) is 0 Å². The molecule has 1 rings (SSSR count). The average molecular weight is 266 g/mol. The van der Waals surface area contributed by atoms with Gasteiger partial charge in [0.1, 0.15) is 0 Å². The number of nitro groups is 1. The van der Waals surface area contributed by atoms with E-state index in [4.69, 9.17) is 5.73 Å². The number of nitrogens with zero attached hydrogens (tertiary/aromatic N) is 1. The van der Waals surface area contributed by atoms with Gasteiger partial charge in [-0.1, -0.05) is 26.2 Å². The molecule has 0 saturated carbocycles. The quantitative estimate of drug-likeness (QED) is 0.341. The van der Waals surface area contributed by atoms with Crippen molar-refractivity contribution >= 4 is 17.3 Å². The molecule has 0 spiro atoms. The molecule has 0 aliphatic carbocycles. The molecular formula is C13H18N2O4. The van der Waals surface area contributed by atoms with Crippen molar-refractivity contribution in [3.8, 4) is 0 Å². The first-order chi connectivity index (χ1) is 8.97. The third-order valence-electron chi connectivity index (χ3n) is 3.05. The zero-order valence-corrected chi connectivity index (χ0v) is 10.8. The molecule has 0 amide bonds. The van der Waals surface area contributed by atoms with Crippen molar-refractivity contribution in [2.45, 2.75) is 38.5 Å². The fourth-order valence-corrected chi connectivity index (χ4v) is 1.99. The van der Waals surface area contributed by atoms with Gasteiger partial charge in [0, 0.05) is 17.8 Å². The molecule has 6 heteroatoms. The smallest absolute Gasteiger partial charge is 0.311 e. The number of carbonyl (C=O) groups is 1. The Morgan fingerprint density at radius 3 is 2.68 bits per heavy atom. The minimum Gasteiger partial charge on any atom is -0.481 e. The van der Waals surface area contributed by atoms with Crippen molar-refractivity contribution in [3.63, 3.8) is 0 Å². The number of nitrogen functional groups attached to an aromatic ring is 1. The molecule has 6 nitrogen and oxygen atoms in total. The van der Waals surface area contributed by atoms with Crippen LogP contribution in [0.3, 0.4) is 0 Å². The van der Waals surface area contributed by atoms with E-state index in [0.29, 0.717) is 12.0 Å². The predicted octanol–water partition coefficient (Wildman–Crippen LogP) is 2.93. The van der Waals surface area contributed by atoms with Crippen LogP contribution in [0.15, 0.2) is 18.2 Å². The van der Waals surface area contributed by atoms with Crippen LogP contribution in [0.5, 0.6) is 0 Å². The van der Waals surface area contributed by atoms with E-state index in [2.05, 4.69) is 0 Å². The third-order valence-corrected chi connectivity index (χ3v) is 3.05. The highest BCUT2D eigenvalue weighted by Crippen LogP contribution is 2.30. The van der Waals surface area contributed by atoms with Crippen LogP contribution in [-0.2, 0) is 4.79 Å². The maximum absolute atomic E-state index is 11.3. The molecule has 1 aromatic rings. The predicted molar refractivity (Wildman–Crippen MR) is 72.0 cm³/mol. The third kappa shape index (κ3) is 3.94. The normalized spacial score (nSPS) is 12.1. The zero-order chi connectivity index (χ0) is 14.4. The molecule has 0 fully saturated rings. The van der Waals surface area contributed by atoms with E-state index in [0.717, 1.165) is 19.3 Å². The lowest BCUT2D eigenvalue weighted by Gasteiger charge is -2.14. The molecule has 0 aliphatic rings. The summed E-state index contributed by atoms with van der Waals surface area (Å²) < 4.78 is 0. The van der Waals surface area contributed by atoms with Crippen molar-refractivity contribution in [1.29, 1.82) is 0 Å². The highest BCUT2D eigenvalue weighted by atomic mass is 16.6. The summed E-state index contributed by atoms with van der Waals surface area (Å²) in [6.45, 7) is 2.03. The maximum Gasteiger partial charge on any atom is 0.311 e. The number of nitro benzene ring substituents is 1. The van der Waals surface area contributed by atoms with Gasteiger partial charge in [-0.15, -0.1) is 0 Å². The minimum atomic E-state index is -0.997. The molecule has 1 unspecified atom stereocenters. The number of aliphatic carboxylic acids is 1. The Hall–Kier alpha value is -2.11. The summed E-state index contributed by atoms with van der Waals surface area (Å²) in [5.74, 6) is -1.78. The van der Waals surface area contributed by atoms with Gasteiger partial charge in [0.25, 0.3) is 5.69 Å². The number of hydrogen-bond acceptors (Lipinski definition) is 4. The summed E-state index contributed by atoms with van der Waals surface area (Å²) in [5, 5.41) is 20.0. The standard InChI is InChI=1S/C13H18N2O4/c1-2-3-4-5-10(13(16)17)11-8-9(15(18)19)6-7-12(11)14/h6-8,10H,2-5,14H2,1H3,(H,16,17). The van der Waals surface area contributed by atoms with E-state index in [1.165, 1.54) is 18.2 Å². The number of carboxylic acid groups (broad SMARTS) is 1. The van der Waals surface area contributed by atoms with Gasteiger partial charge in [-0.3, -0.25) is 14.9 Å². The second-order valence-corrected chi connectivity index (χ2v) is 4.46. The topological polar surface area (TPSA) is 106 Å².